The van der Waals surface area contributed by atoms with Gasteiger partial charge in [-0.25, -0.2) is 4.79 Å². The van der Waals surface area contributed by atoms with Gasteiger partial charge in [-0.1, -0.05) is 6.92 Å². The van der Waals surface area contributed by atoms with E-state index in [1.807, 2.05) is 25.7 Å². The Hall–Kier alpha value is -0.770. The lowest BCUT2D eigenvalue weighted by Crippen LogP contribution is -2.51. The Labute approximate surface area is 116 Å². The van der Waals surface area contributed by atoms with E-state index in [0.29, 0.717) is 11.3 Å². The average Bonchev–Trinajstić information content (AvgIpc) is 2.32. The van der Waals surface area contributed by atoms with Crippen LogP contribution in [0.25, 0.3) is 0 Å². The molecule has 0 radical (unpaired) electrons. The Morgan fingerprint density at radius 3 is 2.42 bits per heavy atom. The molecule has 2 rings (SSSR count). The zero-order chi connectivity index (χ0) is 14.1. The number of ether oxygens (including phenoxy) is 1. The summed E-state index contributed by atoms with van der Waals surface area (Å²) in [5, 5.41) is 3.47. The monoisotopic (exact) mass is 268 g/mol. The smallest absolute Gasteiger partial charge is 0.410 e. The zero-order valence-electron chi connectivity index (χ0n) is 12.8. The fraction of sp³-hybridized carbons (Fsp3) is 0.933. The Morgan fingerprint density at radius 1 is 1.26 bits per heavy atom. The number of nitrogens with zero attached hydrogens (tertiary/aromatic N) is 1. The maximum atomic E-state index is 12.1. The molecular formula is C15H28N2O2. The van der Waals surface area contributed by atoms with Gasteiger partial charge in [-0.3, -0.25) is 0 Å². The van der Waals surface area contributed by atoms with Crippen LogP contribution in [-0.2, 0) is 4.74 Å². The van der Waals surface area contributed by atoms with Gasteiger partial charge in [0.25, 0.3) is 0 Å². The number of carbonyl (C=O) groups excluding carboxylic acids is 1. The second-order valence-corrected chi connectivity index (χ2v) is 7.18. The van der Waals surface area contributed by atoms with Crippen molar-refractivity contribution < 1.29 is 9.53 Å². The lowest BCUT2D eigenvalue weighted by atomic mass is 9.65. The van der Waals surface area contributed by atoms with Gasteiger partial charge in [0.1, 0.15) is 5.60 Å². The first-order valence-corrected chi connectivity index (χ1v) is 7.51. The summed E-state index contributed by atoms with van der Waals surface area (Å²) in [5.74, 6) is 0.710. The fourth-order valence-corrected chi connectivity index (χ4v) is 3.32. The van der Waals surface area contributed by atoms with Gasteiger partial charge < -0.3 is 15.0 Å². The molecule has 1 atom stereocenters. The predicted octanol–water partition coefficient (Wildman–Crippen LogP) is 2.63. The third kappa shape index (κ3) is 3.41. The summed E-state index contributed by atoms with van der Waals surface area (Å²) >= 11 is 0. The number of rotatable bonds is 0. The van der Waals surface area contributed by atoms with Crippen LogP contribution in [0.5, 0.6) is 0 Å². The molecule has 0 aromatic rings. The van der Waals surface area contributed by atoms with Crippen LogP contribution in [0.3, 0.4) is 0 Å². The molecule has 4 heteroatoms. The van der Waals surface area contributed by atoms with Crippen LogP contribution in [0.1, 0.15) is 47.0 Å². The molecule has 1 unspecified atom stereocenters. The Balaban J connectivity index is 1.90. The molecule has 0 bridgehead atoms. The van der Waals surface area contributed by atoms with Crippen molar-refractivity contribution in [1.29, 1.82) is 0 Å². The van der Waals surface area contributed by atoms with Crippen LogP contribution in [0.4, 0.5) is 4.79 Å². The third-order valence-corrected chi connectivity index (χ3v) is 4.71. The van der Waals surface area contributed by atoms with Crippen LogP contribution in [-0.4, -0.2) is 42.8 Å². The first-order valence-electron chi connectivity index (χ1n) is 7.51. The highest BCUT2D eigenvalue weighted by molar-refractivity contribution is 5.68. The quantitative estimate of drug-likeness (QED) is 0.734. The number of nitrogens with one attached hydrogen (secondary N) is 1. The summed E-state index contributed by atoms with van der Waals surface area (Å²) in [5.41, 5.74) is 0.0536. The van der Waals surface area contributed by atoms with Gasteiger partial charge in [0.15, 0.2) is 0 Å². The van der Waals surface area contributed by atoms with E-state index in [4.69, 9.17) is 4.74 Å². The minimum absolute atomic E-state index is 0.149. The highest BCUT2D eigenvalue weighted by atomic mass is 16.6. The molecule has 19 heavy (non-hydrogen) atoms. The maximum Gasteiger partial charge on any atom is 0.410 e. The molecule has 2 aliphatic heterocycles. The van der Waals surface area contributed by atoms with E-state index >= 15 is 0 Å². The number of hydrogen-bond acceptors (Lipinski definition) is 3. The first kappa shape index (κ1) is 14.6. The Kier molecular flexibility index (Phi) is 4.09. The second kappa shape index (κ2) is 5.31. The van der Waals surface area contributed by atoms with Crippen LogP contribution in [0.15, 0.2) is 0 Å². The van der Waals surface area contributed by atoms with E-state index in [2.05, 4.69) is 12.2 Å². The van der Waals surface area contributed by atoms with Crippen molar-refractivity contribution in [3.05, 3.63) is 0 Å². The van der Waals surface area contributed by atoms with Crippen LogP contribution in [0, 0.1) is 11.3 Å². The van der Waals surface area contributed by atoms with E-state index in [-0.39, 0.29) is 6.09 Å². The van der Waals surface area contributed by atoms with Crippen LogP contribution in [0.2, 0.25) is 0 Å². The molecule has 110 valence electrons. The minimum Gasteiger partial charge on any atom is -0.444 e. The number of likely N-dealkylation sites (tertiary alicyclic amines) is 1. The number of carbonyl (C=O) groups is 1. The van der Waals surface area contributed by atoms with Gasteiger partial charge >= 0.3 is 6.09 Å². The molecule has 0 aromatic carbocycles. The molecule has 0 aromatic heterocycles. The fourth-order valence-electron chi connectivity index (χ4n) is 3.32. The zero-order valence-corrected chi connectivity index (χ0v) is 12.8. The standard InChI is InChI=1S/C15H28N2O2/c1-12-11-16-8-5-15(12)6-9-17(10-7-15)13(18)19-14(2,3)4/h12,16H,5-11H2,1-4H3. The average molecular weight is 268 g/mol. The molecule has 1 spiro atoms. The van der Waals surface area contributed by atoms with E-state index in [0.717, 1.165) is 39.0 Å². The van der Waals surface area contributed by atoms with Crippen molar-refractivity contribution in [3.63, 3.8) is 0 Å². The first-order chi connectivity index (χ1) is 8.82. The van der Waals surface area contributed by atoms with Gasteiger partial charge in [-0.15, -0.1) is 0 Å². The predicted molar refractivity (Wildman–Crippen MR) is 76.1 cm³/mol. The van der Waals surface area contributed by atoms with Gasteiger partial charge in [-0.2, -0.15) is 0 Å². The lowest BCUT2D eigenvalue weighted by molar-refractivity contribution is -0.00595. The van der Waals surface area contributed by atoms with Gasteiger partial charge in [0, 0.05) is 13.1 Å². The molecule has 2 aliphatic rings. The maximum absolute atomic E-state index is 12.1. The van der Waals surface area contributed by atoms with E-state index < -0.39 is 5.60 Å². The Morgan fingerprint density at radius 2 is 1.89 bits per heavy atom. The molecule has 1 amide bonds. The molecule has 2 heterocycles. The van der Waals surface area contributed by atoms with Crippen molar-refractivity contribution in [2.45, 2.75) is 52.6 Å². The van der Waals surface area contributed by atoms with Crippen molar-refractivity contribution in [3.8, 4) is 0 Å². The van der Waals surface area contributed by atoms with E-state index in [1.54, 1.807) is 0 Å². The van der Waals surface area contributed by atoms with Gasteiger partial charge in [0.05, 0.1) is 0 Å². The molecule has 2 fully saturated rings. The molecular weight excluding hydrogens is 240 g/mol. The van der Waals surface area contributed by atoms with Crippen molar-refractivity contribution in [2.75, 3.05) is 26.2 Å². The lowest BCUT2D eigenvalue weighted by Gasteiger charge is -2.48. The third-order valence-electron chi connectivity index (χ3n) is 4.71. The largest absolute Gasteiger partial charge is 0.444 e. The van der Waals surface area contributed by atoms with E-state index in [1.165, 1.54) is 6.42 Å². The molecule has 0 aliphatic carbocycles. The molecule has 1 N–H and O–H groups in total. The summed E-state index contributed by atoms with van der Waals surface area (Å²) in [6, 6.07) is 0. The molecule has 2 saturated heterocycles. The van der Waals surface area contributed by atoms with Crippen LogP contribution >= 0.6 is 0 Å². The summed E-state index contributed by atoms with van der Waals surface area (Å²) in [7, 11) is 0. The topological polar surface area (TPSA) is 41.6 Å². The number of piperidine rings is 2. The molecule has 0 saturated carbocycles. The summed E-state index contributed by atoms with van der Waals surface area (Å²) in [6.45, 7) is 12.0. The van der Waals surface area contributed by atoms with Crippen molar-refractivity contribution in [1.82, 2.24) is 10.2 Å². The van der Waals surface area contributed by atoms with Gasteiger partial charge in [-0.05, 0) is 64.5 Å². The van der Waals surface area contributed by atoms with E-state index in [9.17, 15) is 4.79 Å². The highest BCUT2D eigenvalue weighted by Gasteiger charge is 2.41. The summed E-state index contributed by atoms with van der Waals surface area (Å²) < 4.78 is 5.45. The Bertz CT molecular complexity index is 328. The minimum atomic E-state index is -0.395. The second-order valence-electron chi connectivity index (χ2n) is 7.18. The number of hydrogen-bond donors (Lipinski definition) is 1. The van der Waals surface area contributed by atoms with Crippen molar-refractivity contribution in [2.24, 2.45) is 11.3 Å². The van der Waals surface area contributed by atoms with Gasteiger partial charge in [0.2, 0.25) is 0 Å². The summed E-state index contributed by atoms with van der Waals surface area (Å²) in [6.07, 6.45) is 3.34. The highest BCUT2D eigenvalue weighted by Crippen LogP contribution is 2.43. The normalized spacial score (nSPS) is 27.4. The van der Waals surface area contributed by atoms with Crippen LogP contribution < -0.4 is 5.32 Å². The van der Waals surface area contributed by atoms with Crippen molar-refractivity contribution >= 4 is 6.09 Å². The summed E-state index contributed by atoms with van der Waals surface area (Å²) in [4.78, 5) is 13.9. The number of amides is 1. The SMILES string of the molecule is CC1CNCCC12CCN(C(=O)OC(C)(C)C)CC2. The molecule has 4 nitrogen and oxygen atoms in total.